The summed E-state index contributed by atoms with van der Waals surface area (Å²) < 4.78 is 3.01. The van der Waals surface area contributed by atoms with E-state index in [4.69, 9.17) is 17.3 Å². The van der Waals surface area contributed by atoms with Crippen LogP contribution in [-0.2, 0) is 7.05 Å². The van der Waals surface area contributed by atoms with E-state index >= 15 is 0 Å². The molecule has 2 rings (SSSR count). The minimum atomic E-state index is 0.419. The lowest BCUT2D eigenvalue weighted by Crippen LogP contribution is -2.27. The first-order valence-electron chi connectivity index (χ1n) is 3.35. The lowest BCUT2D eigenvalue weighted by molar-refractivity contribution is -0.577. The van der Waals surface area contributed by atoms with Crippen LogP contribution < -0.4 is 10.2 Å². The Labute approximate surface area is 73.4 Å². The molecule has 0 fully saturated rings. The van der Waals surface area contributed by atoms with Crippen LogP contribution in [-0.4, -0.2) is 14.9 Å². The molecule has 0 bridgehead atoms. The molecule has 0 amide bonds. The Morgan fingerprint density at radius 3 is 3.08 bits per heavy atom. The summed E-state index contributed by atoms with van der Waals surface area (Å²) in [6, 6.07) is 3.44. The highest BCUT2D eigenvalue weighted by molar-refractivity contribution is 6.27. The lowest BCUT2D eigenvalue weighted by atomic mass is 10.5. The standard InChI is InChI=1S/C6H7ClN5/c1-11-6(7)12-5(10-11)3-2-4(8)9-12/h2-3H,1H3,(H2,8,9)/q+1. The fourth-order valence-corrected chi connectivity index (χ4v) is 1.14. The van der Waals surface area contributed by atoms with Gasteiger partial charge in [0.1, 0.15) is 0 Å². The fourth-order valence-electron chi connectivity index (χ4n) is 0.974. The second kappa shape index (κ2) is 2.31. The summed E-state index contributed by atoms with van der Waals surface area (Å²) in [6.07, 6.45) is 0. The van der Waals surface area contributed by atoms with Gasteiger partial charge in [0, 0.05) is 11.2 Å². The van der Waals surface area contributed by atoms with Gasteiger partial charge in [-0.3, -0.25) is 0 Å². The van der Waals surface area contributed by atoms with Gasteiger partial charge in [0.25, 0.3) is 0 Å². The maximum absolute atomic E-state index is 5.86. The topological polar surface area (TPSA) is 60.8 Å². The van der Waals surface area contributed by atoms with Gasteiger partial charge in [0.15, 0.2) is 5.82 Å². The van der Waals surface area contributed by atoms with E-state index in [-0.39, 0.29) is 0 Å². The smallest absolute Gasteiger partial charge is 0.356 e. The van der Waals surface area contributed by atoms with Crippen LogP contribution >= 0.6 is 11.6 Å². The zero-order valence-corrected chi connectivity index (χ0v) is 7.15. The van der Waals surface area contributed by atoms with Crippen LogP contribution in [0.5, 0.6) is 0 Å². The molecule has 0 spiro atoms. The molecule has 0 aromatic carbocycles. The summed E-state index contributed by atoms with van der Waals surface area (Å²) in [5.41, 5.74) is 6.15. The number of hydrogen-bond acceptors (Lipinski definition) is 3. The van der Waals surface area contributed by atoms with E-state index in [0.29, 0.717) is 16.7 Å². The molecule has 0 saturated heterocycles. The highest BCUT2D eigenvalue weighted by Crippen LogP contribution is 2.02. The zero-order valence-electron chi connectivity index (χ0n) is 6.40. The predicted molar refractivity (Wildman–Crippen MR) is 43.6 cm³/mol. The molecule has 2 aromatic heterocycles. The summed E-state index contributed by atoms with van der Waals surface area (Å²) in [5.74, 6) is 0.419. The van der Waals surface area contributed by atoms with Crippen molar-refractivity contribution in [2.24, 2.45) is 7.05 Å². The molecule has 0 aliphatic rings. The minimum Gasteiger partial charge on any atom is -0.381 e. The Bertz CT molecular complexity index is 435. The fraction of sp³-hybridized carbons (Fsp3) is 0.167. The normalized spacial score (nSPS) is 10.8. The first kappa shape index (κ1) is 7.30. The Morgan fingerprint density at radius 2 is 2.33 bits per heavy atom. The average molecular weight is 185 g/mol. The van der Waals surface area contributed by atoms with Crippen molar-refractivity contribution in [3.63, 3.8) is 0 Å². The van der Waals surface area contributed by atoms with E-state index in [0.717, 1.165) is 0 Å². The van der Waals surface area contributed by atoms with Crippen molar-refractivity contribution < 1.29 is 4.52 Å². The van der Waals surface area contributed by atoms with Crippen LogP contribution in [0, 0.1) is 0 Å². The van der Waals surface area contributed by atoms with Gasteiger partial charge < -0.3 is 5.73 Å². The molecule has 0 radical (unpaired) electrons. The summed E-state index contributed by atoms with van der Waals surface area (Å²) >= 11 is 5.86. The van der Waals surface area contributed by atoms with Crippen molar-refractivity contribution in [1.29, 1.82) is 0 Å². The van der Waals surface area contributed by atoms with Crippen molar-refractivity contribution in [3.05, 3.63) is 17.4 Å². The van der Waals surface area contributed by atoms with E-state index in [1.807, 2.05) is 0 Å². The van der Waals surface area contributed by atoms with E-state index in [2.05, 4.69) is 10.2 Å². The van der Waals surface area contributed by atoms with Crippen LogP contribution in [0.3, 0.4) is 0 Å². The van der Waals surface area contributed by atoms with Crippen LogP contribution in [0.25, 0.3) is 5.65 Å². The number of fused-ring (bicyclic) bond motifs is 1. The second-order valence-corrected chi connectivity index (χ2v) is 2.76. The molecular formula is C6H7ClN5+. The van der Waals surface area contributed by atoms with Gasteiger partial charge in [-0.1, -0.05) is 14.3 Å². The number of anilines is 1. The molecule has 5 nitrogen and oxygen atoms in total. The largest absolute Gasteiger partial charge is 0.381 e. The summed E-state index contributed by atoms with van der Waals surface area (Å²) in [4.78, 5) is 0. The van der Waals surface area contributed by atoms with E-state index in [1.165, 1.54) is 9.20 Å². The van der Waals surface area contributed by atoms with Crippen molar-refractivity contribution in [1.82, 2.24) is 14.9 Å². The minimum absolute atomic E-state index is 0.419. The summed E-state index contributed by atoms with van der Waals surface area (Å²) in [5, 5.41) is 8.49. The Morgan fingerprint density at radius 1 is 1.58 bits per heavy atom. The van der Waals surface area contributed by atoms with Gasteiger partial charge in [0.05, 0.1) is 7.05 Å². The average Bonchev–Trinajstić information content (AvgIpc) is 2.31. The monoisotopic (exact) mass is 184 g/mol. The number of aryl methyl sites for hydroxylation is 1. The molecule has 0 saturated carbocycles. The summed E-state index contributed by atoms with van der Waals surface area (Å²) in [7, 11) is 1.74. The van der Waals surface area contributed by atoms with Gasteiger partial charge in [-0.05, 0) is 17.7 Å². The Balaban J connectivity index is 2.88. The molecule has 6 heteroatoms. The third-order valence-corrected chi connectivity index (χ3v) is 1.93. The van der Waals surface area contributed by atoms with Gasteiger partial charge in [-0.15, -0.1) is 0 Å². The number of nitrogens with two attached hydrogens (primary N) is 1. The number of nitrogens with zero attached hydrogens (tertiary/aromatic N) is 4. The van der Waals surface area contributed by atoms with Crippen LogP contribution in [0.1, 0.15) is 0 Å². The highest BCUT2D eigenvalue weighted by atomic mass is 35.5. The van der Waals surface area contributed by atoms with E-state index in [1.54, 1.807) is 19.2 Å². The van der Waals surface area contributed by atoms with Crippen molar-refractivity contribution in [2.45, 2.75) is 0 Å². The van der Waals surface area contributed by atoms with Gasteiger partial charge in [-0.2, -0.15) is 0 Å². The quantitative estimate of drug-likeness (QED) is 0.577. The molecule has 0 unspecified atom stereocenters. The van der Waals surface area contributed by atoms with Crippen molar-refractivity contribution in [2.75, 3.05) is 5.73 Å². The second-order valence-electron chi connectivity index (χ2n) is 2.42. The number of halogens is 1. The van der Waals surface area contributed by atoms with Gasteiger partial charge in [0.2, 0.25) is 0 Å². The molecule has 12 heavy (non-hydrogen) atoms. The number of nitrogen functional groups attached to an aromatic ring is 1. The molecule has 0 aliphatic carbocycles. The van der Waals surface area contributed by atoms with Crippen molar-refractivity contribution in [3.8, 4) is 0 Å². The molecule has 0 aliphatic heterocycles. The first-order valence-corrected chi connectivity index (χ1v) is 3.73. The summed E-state index contributed by atoms with van der Waals surface area (Å²) in [6.45, 7) is 0. The molecular weight excluding hydrogens is 178 g/mol. The number of rotatable bonds is 0. The first-order chi connectivity index (χ1) is 5.68. The Kier molecular flexibility index (Phi) is 1.41. The van der Waals surface area contributed by atoms with E-state index < -0.39 is 0 Å². The van der Waals surface area contributed by atoms with Gasteiger partial charge in [-0.25, -0.2) is 0 Å². The molecule has 2 heterocycles. The molecule has 2 N–H and O–H groups in total. The zero-order chi connectivity index (χ0) is 8.72. The third-order valence-electron chi connectivity index (χ3n) is 1.53. The SMILES string of the molecule is Cn1nc2ccc(N)n[n+]2c1Cl. The molecule has 0 atom stereocenters. The maximum atomic E-state index is 5.86. The lowest BCUT2D eigenvalue weighted by Gasteiger charge is -1.86. The van der Waals surface area contributed by atoms with Gasteiger partial charge >= 0.3 is 10.9 Å². The van der Waals surface area contributed by atoms with Crippen LogP contribution in [0.15, 0.2) is 12.1 Å². The highest BCUT2D eigenvalue weighted by Gasteiger charge is 2.15. The Hall–Kier alpha value is -1.36. The predicted octanol–water partition coefficient (Wildman–Crippen LogP) is -0.211. The third kappa shape index (κ3) is 0.902. The number of aromatic nitrogens is 4. The molecule has 2 aromatic rings. The van der Waals surface area contributed by atoms with Crippen LogP contribution in [0.2, 0.25) is 5.28 Å². The maximum Gasteiger partial charge on any atom is 0.356 e. The van der Waals surface area contributed by atoms with Crippen molar-refractivity contribution >= 4 is 23.1 Å². The van der Waals surface area contributed by atoms with Crippen LogP contribution in [0.4, 0.5) is 5.82 Å². The number of hydrogen-bond donors (Lipinski definition) is 1. The molecule has 62 valence electrons. The van der Waals surface area contributed by atoms with E-state index in [9.17, 15) is 0 Å².